The van der Waals surface area contributed by atoms with E-state index in [4.69, 9.17) is 18.9 Å². The SMILES string of the molecule is COC(=O)c1ccc(C2OCCc3cc(OC)c(OC)cc32)cc1. The van der Waals surface area contributed by atoms with Crippen LogP contribution in [0.5, 0.6) is 11.5 Å². The van der Waals surface area contributed by atoms with E-state index in [9.17, 15) is 4.79 Å². The highest BCUT2D eigenvalue weighted by Crippen LogP contribution is 2.39. The molecule has 24 heavy (non-hydrogen) atoms. The monoisotopic (exact) mass is 328 g/mol. The zero-order valence-electron chi connectivity index (χ0n) is 14.0. The topological polar surface area (TPSA) is 54.0 Å². The maximum Gasteiger partial charge on any atom is 0.337 e. The first kappa shape index (κ1) is 16.3. The van der Waals surface area contributed by atoms with Gasteiger partial charge in [0.2, 0.25) is 0 Å². The number of benzene rings is 2. The number of carbonyl (C=O) groups is 1. The van der Waals surface area contributed by atoms with Gasteiger partial charge in [-0.25, -0.2) is 4.79 Å². The van der Waals surface area contributed by atoms with Crippen molar-refractivity contribution in [2.24, 2.45) is 0 Å². The van der Waals surface area contributed by atoms with Crippen molar-refractivity contribution in [3.8, 4) is 11.5 Å². The molecule has 1 atom stereocenters. The third-order valence-corrected chi connectivity index (χ3v) is 4.22. The maximum atomic E-state index is 11.6. The van der Waals surface area contributed by atoms with Gasteiger partial charge in [-0.05, 0) is 47.4 Å². The van der Waals surface area contributed by atoms with Crippen LogP contribution < -0.4 is 9.47 Å². The van der Waals surface area contributed by atoms with Gasteiger partial charge in [0.25, 0.3) is 0 Å². The Bertz CT molecular complexity index is 736. The Balaban J connectivity index is 1.98. The van der Waals surface area contributed by atoms with Gasteiger partial charge in [0.05, 0.1) is 33.5 Å². The molecular formula is C19H20O5. The fourth-order valence-electron chi connectivity index (χ4n) is 2.96. The number of carbonyl (C=O) groups excluding carboxylic acids is 1. The summed E-state index contributed by atoms with van der Waals surface area (Å²) in [6, 6.07) is 11.3. The smallest absolute Gasteiger partial charge is 0.337 e. The molecule has 2 aromatic rings. The second-order valence-corrected chi connectivity index (χ2v) is 5.52. The Hall–Kier alpha value is -2.53. The van der Waals surface area contributed by atoms with E-state index in [0.29, 0.717) is 17.9 Å². The summed E-state index contributed by atoms with van der Waals surface area (Å²) in [5.41, 5.74) is 3.74. The first-order chi connectivity index (χ1) is 11.7. The van der Waals surface area contributed by atoms with Crippen molar-refractivity contribution in [3.63, 3.8) is 0 Å². The van der Waals surface area contributed by atoms with Gasteiger partial charge in [0.1, 0.15) is 6.10 Å². The Kier molecular flexibility index (Phi) is 4.71. The molecule has 0 aromatic heterocycles. The highest BCUT2D eigenvalue weighted by molar-refractivity contribution is 5.89. The summed E-state index contributed by atoms with van der Waals surface area (Å²) in [5, 5.41) is 0. The first-order valence-electron chi connectivity index (χ1n) is 7.72. The minimum atomic E-state index is -0.349. The molecule has 0 amide bonds. The zero-order chi connectivity index (χ0) is 17.1. The van der Waals surface area contributed by atoms with Crippen molar-refractivity contribution in [2.45, 2.75) is 12.5 Å². The van der Waals surface area contributed by atoms with Crippen LogP contribution in [-0.2, 0) is 15.9 Å². The van der Waals surface area contributed by atoms with Crippen LogP contribution in [0.25, 0.3) is 0 Å². The molecule has 1 aliphatic heterocycles. The summed E-state index contributed by atoms with van der Waals surface area (Å²) >= 11 is 0. The van der Waals surface area contributed by atoms with Crippen LogP contribution >= 0.6 is 0 Å². The highest BCUT2D eigenvalue weighted by Gasteiger charge is 2.25. The summed E-state index contributed by atoms with van der Waals surface area (Å²) in [4.78, 5) is 11.6. The van der Waals surface area contributed by atoms with Crippen LogP contribution in [0.4, 0.5) is 0 Å². The number of esters is 1. The van der Waals surface area contributed by atoms with Gasteiger partial charge in [-0.15, -0.1) is 0 Å². The van der Waals surface area contributed by atoms with E-state index in [2.05, 4.69) is 0 Å². The van der Waals surface area contributed by atoms with Gasteiger partial charge in [0.15, 0.2) is 11.5 Å². The second kappa shape index (κ2) is 6.93. The van der Waals surface area contributed by atoms with Crippen LogP contribution in [0.1, 0.15) is 33.2 Å². The summed E-state index contributed by atoms with van der Waals surface area (Å²) in [7, 11) is 4.62. The quantitative estimate of drug-likeness (QED) is 0.807. The van der Waals surface area contributed by atoms with Crippen molar-refractivity contribution in [3.05, 3.63) is 58.7 Å². The second-order valence-electron chi connectivity index (χ2n) is 5.52. The predicted octanol–water partition coefficient (Wildman–Crippen LogP) is 3.15. The number of hydrogen-bond donors (Lipinski definition) is 0. The number of hydrogen-bond acceptors (Lipinski definition) is 5. The van der Waals surface area contributed by atoms with E-state index in [1.54, 1.807) is 26.4 Å². The molecule has 1 aliphatic rings. The molecule has 0 N–H and O–H groups in total. The summed E-state index contributed by atoms with van der Waals surface area (Å²) in [6.07, 6.45) is 0.632. The molecule has 1 heterocycles. The van der Waals surface area contributed by atoms with Gasteiger partial charge >= 0.3 is 5.97 Å². The van der Waals surface area contributed by atoms with Gasteiger partial charge in [-0.2, -0.15) is 0 Å². The van der Waals surface area contributed by atoms with E-state index in [-0.39, 0.29) is 12.1 Å². The Morgan fingerprint density at radius 3 is 2.33 bits per heavy atom. The van der Waals surface area contributed by atoms with Gasteiger partial charge in [-0.3, -0.25) is 0 Å². The third-order valence-electron chi connectivity index (χ3n) is 4.22. The highest BCUT2D eigenvalue weighted by atomic mass is 16.5. The first-order valence-corrected chi connectivity index (χ1v) is 7.72. The largest absolute Gasteiger partial charge is 0.493 e. The molecule has 0 aliphatic carbocycles. The molecule has 0 saturated heterocycles. The molecule has 5 heteroatoms. The van der Waals surface area contributed by atoms with E-state index in [1.807, 2.05) is 24.3 Å². The van der Waals surface area contributed by atoms with Crippen molar-refractivity contribution >= 4 is 5.97 Å². The van der Waals surface area contributed by atoms with E-state index >= 15 is 0 Å². The maximum absolute atomic E-state index is 11.6. The predicted molar refractivity (Wildman–Crippen MR) is 88.8 cm³/mol. The molecular weight excluding hydrogens is 308 g/mol. The number of methoxy groups -OCH3 is 3. The van der Waals surface area contributed by atoms with E-state index in [0.717, 1.165) is 23.3 Å². The molecule has 3 rings (SSSR count). The lowest BCUT2D eigenvalue weighted by atomic mass is 9.92. The van der Waals surface area contributed by atoms with E-state index in [1.165, 1.54) is 12.7 Å². The van der Waals surface area contributed by atoms with Gasteiger partial charge < -0.3 is 18.9 Å². The van der Waals surface area contributed by atoms with E-state index < -0.39 is 0 Å². The lowest BCUT2D eigenvalue weighted by Crippen LogP contribution is -2.18. The van der Waals surface area contributed by atoms with Crippen molar-refractivity contribution < 1.29 is 23.7 Å². The van der Waals surface area contributed by atoms with Gasteiger partial charge in [0, 0.05) is 0 Å². The van der Waals surface area contributed by atoms with Crippen molar-refractivity contribution in [2.75, 3.05) is 27.9 Å². The molecule has 0 saturated carbocycles. The standard InChI is InChI=1S/C19H20O5/c1-21-16-10-14-8-9-24-18(15(14)11-17(16)22-2)12-4-6-13(7-5-12)19(20)23-3/h4-7,10-11,18H,8-9H2,1-3H3. The Morgan fingerprint density at radius 2 is 1.71 bits per heavy atom. The van der Waals surface area contributed by atoms with Crippen molar-refractivity contribution in [1.29, 1.82) is 0 Å². The van der Waals surface area contributed by atoms with Gasteiger partial charge in [-0.1, -0.05) is 12.1 Å². The number of rotatable bonds is 4. The van der Waals surface area contributed by atoms with Crippen LogP contribution in [-0.4, -0.2) is 33.9 Å². The van der Waals surface area contributed by atoms with Crippen LogP contribution in [0.15, 0.2) is 36.4 Å². The molecule has 126 valence electrons. The fourth-order valence-corrected chi connectivity index (χ4v) is 2.96. The van der Waals surface area contributed by atoms with Crippen LogP contribution in [0.2, 0.25) is 0 Å². The van der Waals surface area contributed by atoms with Crippen LogP contribution in [0.3, 0.4) is 0 Å². The molecule has 5 nitrogen and oxygen atoms in total. The Labute approximate surface area is 141 Å². The normalized spacial score (nSPS) is 16.2. The molecule has 0 bridgehead atoms. The zero-order valence-corrected chi connectivity index (χ0v) is 14.0. The van der Waals surface area contributed by atoms with Crippen molar-refractivity contribution in [1.82, 2.24) is 0 Å². The summed E-state index contributed by atoms with van der Waals surface area (Å²) < 4.78 is 21.5. The number of ether oxygens (including phenoxy) is 4. The summed E-state index contributed by atoms with van der Waals surface area (Å²) in [6.45, 7) is 0.631. The molecule has 0 spiro atoms. The lowest BCUT2D eigenvalue weighted by molar-refractivity contribution is 0.0599. The lowest BCUT2D eigenvalue weighted by Gasteiger charge is -2.27. The average molecular weight is 328 g/mol. The average Bonchev–Trinajstić information content (AvgIpc) is 2.65. The molecule has 0 radical (unpaired) electrons. The minimum absolute atomic E-state index is 0.194. The summed E-state index contributed by atoms with van der Waals surface area (Å²) in [5.74, 6) is 1.05. The molecule has 0 fully saturated rings. The Morgan fingerprint density at radius 1 is 1.04 bits per heavy atom. The van der Waals surface area contributed by atoms with Crippen LogP contribution in [0, 0.1) is 0 Å². The fraction of sp³-hybridized carbons (Fsp3) is 0.316. The molecule has 2 aromatic carbocycles. The number of fused-ring (bicyclic) bond motifs is 1. The third kappa shape index (κ3) is 2.95. The molecule has 1 unspecified atom stereocenters. The minimum Gasteiger partial charge on any atom is -0.493 e.